The maximum atomic E-state index is 13.7. The number of aromatic nitrogens is 1. The molecule has 3 fully saturated rings. The van der Waals surface area contributed by atoms with Crippen LogP contribution in [0.4, 0.5) is 13.2 Å². The topological polar surface area (TPSA) is 94.9 Å². The molecule has 1 atom stereocenters. The summed E-state index contributed by atoms with van der Waals surface area (Å²) in [5, 5.41) is 15.4. The lowest BCUT2D eigenvalue weighted by molar-refractivity contribution is -0.166. The van der Waals surface area contributed by atoms with Gasteiger partial charge in [0.1, 0.15) is 0 Å². The van der Waals surface area contributed by atoms with Gasteiger partial charge in [0.2, 0.25) is 5.91 Å². The second kappa shape index (κ2) is 11.6. The van der Waals surface area contributed by atoms with E-state index in [1.165, 1.54) is 15.5 Å². The first kappa shape index (κ1) is 29.3. The van der Waals surface area contributed by atoms with Crippen LogP contribution < -0.4 is 10.9 Å². The lowest BCUT2D eigenvalue weighted by atomic mass is 9.65. The van der Waals surface area contributed by atoms with Crippen molar-refractivity contribution < 1.29 is 27.9 Å². The monoisotopic (exact) mass is 574 g/mol. The summed E-state index contributed by atoms with van der Waals surface area (Å²) in [5.41, 5.74) is -0.806. The van der Waals surface area contributed by atoms with Crippen molar-refractivity contribution in [3.8, 4) is 11.1 Å². The molecule has 5 rings (SSSR count). The Balaban J connectivity index is 1.46. The maximum absolute atomic E-state index is 13.7. The van der Waals surface area contributed by atoms with Crippen molar-refractivity contribution in [3.05, 3.63) is 58.5 Å². The number of carbonyl (C=O) groups excluding carboxylic acids is 2. The summed E-state index contributed by atoms with van der Waals surface area (Å²) in [5.74, 6) is -0.754. The molecule has 1 saturated carbocycles. The van der Waals surface area contributed by atoms with E-state index in [-0.39, 0.29) is 37.5 Å². The fourth-order valence-corrected chi connectivity index (χ4v) is 6.76. The number of alkyl halides is 3. The van der Waals surface area contributed by atoms with Gasteiger partial charge in [-0.25, -0.2) is 0 Å². The number of carbonyl (C=O) groups is 2. The summed E-state index contributed by atoms with van der Waals surface area (Å²) in [4.78, 5) is 43.1. The van der Waals surface area contributed by atoms with E-state index in [1.807, 2.05) is 30.3 Å². The van der Waals surface area contributed by atoms with Gasteiger partial charge in [-0.1, -0.05) is 43.2 Å². The average molecular weight is 575 g/mol. The number of likely N-dealkylation sites (tertiary alicyclic amines) is 1. The molecule has 8 nitrogen and oxygen atoms in total. The second-order valence-corrected chi connectivity index (χ2v) is 11.7. The molecule has 1 spiro atoms. The lowest BCUT2D eigenvalue weighted by Crippen LogP contribution is -2.62. The molecule has 3 heterocycles. The number of amides is 2. The number of piperazine rings is 1. The number of hydrogen-bond donors (Lipinski definition) is 2. The predicted octanol–water partition coefficient (Wildman–Crippen LogP) is 3.43. The smallest absolute Gasteiger partial charge is 0.387 e. The van der Waals surface area contributed by atoms with Gasteiger partial charge in [0, 0.05) is 68.9 Å². The van der Waals surface area contributed by atoms with Gasteiger partial charge in [-0.2, -0.15) is 13.2 Å². The van der Waals surface area contributed by atoms with Crippen molar-refractivity contribution in [1.29, 1.82) is 0 Å². The number of nitrogens with one attached hydrogen (secondary N) is 1. The summed E-state index contributed by atoms with van der Waals surface area (Å²) >= 11 is 0. The number of rotatable bonds is 6. The molecular weight excluding hydrogens is 537 g/mol. The maximum Gasteiger partial charge on any atom is 0.389 e. The quantitative estimate of drug-likeness (QED) is 0.552. The van der Waals surface area contributed by atoms with E-state index in [9.17, 15) is 32.7 Å². The van der Waals surface area contributed by atoms with Crippen LogP contribution in [0.2, 0.25) is 0 Å². The van der Waals surface area contributed by atoms with E-state index in [2.05, 4.69) is 5.32 Å². The average Bonchev–Trinajstić information content (AvgIpc) is 3.44. The van der Waals surface area contributed by atoms with Crippen LogP contribution in [-0.2, 0) is 11.3 Å². The van der Waals surface area contributed by atoms with E-state index in [0.29, 0.717) is 50.1 Å². The third kappa shape index (κ3) is 6.21. The Morgan fingerprint density at radius 3 is 2.32 bits per heavy atom. The van der Waals surface area contributed by atoms with Crippen LogP contribution in [0.3, 0.4) is 0 Å². The highest BCUT2D eigenvalue weighted by Crippen LogP contribution is 2.51. The number of pyridine rings is 1. The van der Waals surface area contributed by atoms with Gasteiger partial charge in [0.25, 0.3) is 11.5 Å². The zero-order chi connectivity index (χ0) is 29.3. The van der Waals surface area contributed by atoms with E-state index in [1.54, 1.807) is 11.1 Å². The molecule has 1 aromatic carbocycles. The Labute approximate surface area is 237 Å². The zero-order valence-electron chi connectivity index (χ0n) is 23.1. The third-order valence-corrected chi connectivity index (χ3v) is 9.09. The molecule has 1 aliphatic carbocycles. The number of halogens is 3. The standard InChI is InChI=1S/C30H37F3N4O4/c31-30(32,33)11-8-25(38)36-15-12-29(41,28(20-36)9-4-5-10-28)21-37-19-24(27(40)35-16-13-34-14-17-35)23(18-26(37)39)22-6-2-1-3-7-22/h1-3,6-7,18-19,34,41H,4-5,8-17,20-21H2. The molecule has 11 heteroatoms. The highest BCUT2D eigenvalue weighted by Gasteiger charge is 2.55. The molecule has 3 aliphatic rings. The number of aliphatic hydroxyl groups is 1. The first-order valence-electron chi connectivity index (χ1n) is 14.4. The van der Waals surface area contributed by atoms with Crippen molar-refractivity contribution in [2.75, 3.05) is 39.3 Å². The first-order chi connectivity index (χ1) is 19.5. The molecule has 2 N–H and O–H groups in total. The SMILES string of the molecule is O=C(CCC(F)(F)F)N1CCC(O)(Cn2cc(C(=O)N3CCNCC3)c(-c3ccccc3)cc2=O)C2(CCCC2)C1. The van der Waals surface area contributed by atoms with Crippen LogP contribution in [0.25, 0.3) is 11.1 Å². The highest BCUT2D eigenvalue weighted by molar-refractivity contribution is 6.00. The Hall–Kier alpha value is -3.18. The molecule has 2 aromatic rings. The second-order valence-electron chi connectivity index (χ2n) is 11.7. The van der Waals surface area contributed by atoms with Crippen LogP contribution in [0.5, 0.6) is 0 Å². The summed E-state index contributed by atoms with van der Waals surface area (Å²) in [6.45, 7) is 2.63. The molecule has 2 aliphatic heterocycles. The van der Waals surface area contributed by atoms with E-state index < -0.39 is 35.9 Å². The van der Waals surface area contributed by atoms with Crippen LogP contribution in [0, 0.1) is 5.41 Å². The molecule has 2 saturated heterocycles. The molecule has 0 bridgehead atoms. The summed E-state index contributed by atoms with van der Waals surface area (Å²) in [6, 6.07) is 10.7. The first-order valence-corrected chi connectivity index (χ1v) is 14.4. The minimum absolute atomic E-state index is 0.0622. The third-order valence-electron chi connectivity index (χ3n) is 9.09. The minimum Gasteiger partial charge on any atom is -0.387 e. The Morgan fingerprint density at radius 1 is 0.976 bits per heavy atom. The predicted molar refractivity (Wildman–Crippen MR) is 147 cm³/mol. The summed E-state index contributed by atoms with van der Waals surface area (Å²) in [6.07, 6.45) is -1.66. The Morgan fingerprint density at radius 2 is 1.66 bits per heavy atom. The van der Waals surface area contributed by atoms with Crippen molar-refractivity contribution in [2.45, 2.75) is 63.3 Å². The molecule has 41 heavy (non-hydrogen) atoms. The number of hydrogen-bond acceptors (Lipinski definition) is 5. The van der Waals surface area contributed by atoms with Gasteiger partial charge >= 0.3 is 6.18 Å². The Kier molecular flexibility index (Phi) is 8.29. The normalized spacial score (nSPS) is 22.7. The van der Waals surface area contributed by atoms with Crippen molar-refractivity contribution >= 4 is 11.8 Å². The molecule has 222 valence electrons. The highest BCUT2D eigenvalue weighted by atomic mass is 19.4. The molecular formula is C30H37F3N4O4. The molecule has 1 aromatic heterocycles. The number of benzene rings is 1. The number of nitrogens with zero attached hydrogens (tertiary/aromatic N) is 3. The van der Waals surface area contributed by atoms with Crippen molar-refractivity contribution in [3.63, 3.8) is 0 Å². The fraction of sp³-hybridized carbons (Fsp3) is 0.567. The van der Waals surface area contributed by atoms with E-state index >= 15 is 0 Å². The van der Waals surface area contributed by atoms with Gasteiger partial charge in [0.15, 0.2) is 0 Å². The minimum atomic E-state index is -4.41. The van der Waals surface area contributed by atoms with Gasteiger partial charge < -0.3 is 24.8 Å². The number of piperidine rings is 1. The van der Waals surface area contributed by atoms with Gasteiger partial charge in [-0.3, -0.25) is 14.4 Å². The molecule has 1 unspecified atom stereocenters. The summed E-state index contributed by atoms with van der Waals surface area (Å²) < 4.78 is 39.7. The van der Waals surface area contributed by atoms with E-state index in [4.69, 9.17) is 0 Å². The van der Waals surface area contributed by atoms with Crippen molar-refractivity contribution in [2.24, 2.45) is 5.41 Å². The molecule has 2 amide bonds. The van der Waals surface area contributed by atoms with Crippen LogP contribution in [-0.4, -0.2) is 82.3 Å². The van der Waals surface area contributed by atoms with Gasteiger partial charge in [0.05, 0.1) is 24.1 Å². The fourth-order valence-electron chi connectivity index (χ4n) is 6.76. The van der Waals surface area contributed by atoms with Crippen LogP contribution in [0.15, 0.2) is 47.4 Å². The van der Waals surface area contributed by atoms with Crippen LogP contribution in [0.1, 0.15) is 55.3 Å². The zero-order valence-corrected chi connectivity index (χ0v) is 23.1. The van der Waals surface area contributed by atoms with Crippen molar-refractivity contribution in [1.82, 2.24) is 19.7 Å². The summed E-state index contributed by atoms with van der Waals surface area (Å²) in [7, 11) is 0. The lowest BCUT2D eigenvalue weighted by Gasteiger charge is -2.52. The van der Waals surface area contributed by atoms with Gasteiger partial charge in [-0.05, 0) is 24.8 Å². The van der Waals surface area contributed by atoms with Gasteiger partial charge in [-0.15, -0.1) is 0 Å². The molecule has 0 radical (unpaired) electrons. The van der Waals surface area contributed by atoms with E-state index in [0.717, 1.165) is 18.4 Å². The largest absolute Gasteiger partial charge is 0.389 e. The Bertz CT molecular complexity index is 1320. The van der Waals surface area contributed by atoms with Crippen LogP contribution >= 0.6 is 0 Å².